The third-order valence-electron chi connectivity index (χ3n) is 4.12. The van der Waals surface area contributed by atoms with Crippen LogP contribution in [0.25, 0.3) is 11.0 Å². The van der Waals surface area contributed by atoms with E-state index < -0.39 is 11.9 Å². The predicted octanol–water partition coefficient (Wildman–Crippen LogP) is 3.08. The van der Waals surface area contributed by atoms with E-state index in [1.165, 1.54) is 0 Å². The Bertz CT molecular complexity index is 937. The van der Waals surface area contributed by atoms with Crippen LogP contribution in [0.1, 0.15) is 17.1 Å². The van der Waals surface area contributed by atoms with E-state index in [1.807, 2.05) is 4.90 Å². The van der Waals surface area contributed by atoms with Crippen molar-refractivity contribution in [3.8, 4) is 5.75 Å². The van der Waals surface area contributed by atoms with Crippen LogP contribution in [0.2, 0.25) is 0 Å². The third-order valence-corrected chi connectivity index (χ3v) is 4.12. The average Bonchev–Trinajstić information content (AvgIpc) is 2.82. The second-order valence-electron chi connectivity index (χ2n) is 5.79. The monoisotopic (exact) mass is 349 g/mol. The van der Waals surface area contributed by atoms with Crippen LogP contribution in [0, 0.1) is 6.92 Å². The second-order valence-corrected chi connectivity index (χ2v) is 5.79. The van der Waals surface area contributed by atoms with Crippen LogP contribution >= 0.6 is 0 Å². The van der Waals surface area contributed by atoms with Crippen molar-refractivity contribution in [1.82, 2.24) is 20.2 Å². The fourth-order valence-corrected chi connectivity index (χ4v) is 2.95. The topological polar surface area (TPSA) is 66.9 Å². The number of aromatic amines is 1. The van der Waals surface area contributed by atoms with E-state index in [4.69, 9.17) is 4.74 Å². The van der Waals surface area contributed by atoms with Gasteiger partial charge in [0.15, 0.2) is 5.65 Å². The molecule has 0 spiro atoms. The number of anilines is 1. The Labute approximate surface area is 140 Å². The van der Waals surface area contributed by atoms with Gasteiger partial charge in [-0.1, -0.05) is 0 Å². The molecule has 4 heterocycles. The summed E-state index contributed by atoms with van der Waals surface area (Å²) in [5.41, 5.74) is 0.852. The number of rotatable bonds is 1. The van der Waals surface area contributed by atoms with Crippen molar-refractivity contribution < 1.29 is 17.9 Å². The van der Waals surface area contributed by atoms with Gasteiger partial charge in [-0.2, -0.15) is 18.3 Å². The lowest BCUT2D eigenvalue weighted by Gasteiger charge is -2.23. The van der Waals surface area contributed by atoms with Gasteiger partial charge in [-0.3, -0.25) is 10.1 Å². The zero-order valence-electron chi connectivity index (χ0n) is 13.3. The number of alkyl halides is 3. The average molecular weight is 349 g/mol. The number of H-pyrrole nitrogens is 1. The number of nitrogens with zero attached hydrogens (tertiary/aromatic N) is 4. The zero-order chi connectivity index (χ0) is 17.6. The van der Waals surface area contributed by atoms with Crippen molar-refractivity contribution in [3.05, 3.63) is 41.5 Å². The lowest BCUT2D eigenvalue weighted by atomic mass is 10.1. The fraction of sp³-hybridized carbons (Fsp3) is 0.312. The Morgan fingerprint density at radius 3 is 2.96 bits per heavy atom. The van der Waals surface area contributed by atoms with Crippen LogP contribution in [0.4, 0.5) is 18.9 Å². The van der Waals surface area contributed by atoms with Gasteiger partial charge < -0.3 is 9.64 Å². The first-order valence-electron chi connectivity index (χ1n) is 7.68. The number of aryl methyl sites for hydroxylation is 1. The Kier molecular flexibility index (Phi) is 3.52. The first-order valence-corrected chi connectivity index (χ1v) is 7.68. The molecule has 4 rings (SSSR count). The van der Waals surface area contributed by atoms with Crippen molar-refractivity contribution in [2.24, 2.45) is 0 Å². The summed E-state index contributed by atoms with van der Waals surface area (Å²) in [6, 6.07) is 4.64. The summed E-state index contributed by atoms with van der Waals surface area (Å²) in [6.45, 7) is 2.88. The van der Waals surface area contributed by atoms with E-state index in [9.17, 15) is 13.2 Å². The fourth-order valence-electron chi connectivity index (χ4n) is 2.95. The smallest absolute Gasteiger partial charge is 0.433 e. The largest absolute Gasteiger partial charge is 0.490 e. The molecule has 1 aliphatic rings. The summed E-state index contributed by atoms with van der Waals surface area (Å²) in [6.07, 6.45) is -2.91. The lowest BCUT2D eigenvalue weighted by molar-refractivity contribution is -0.140. The number of halogens is 3. The number of aromatic nitrogens is 4. The van der Waals surface area contributed by atoms with Gasteiger partial charge in [-0.25, -0.2) is 4.98 Å². The SMILES string of the molecule is Cc1[nH]nc2nc(C(F)(F)F)cc(N3CCOc4cccnc4C3)c12. The highest BCUT2D eigenvalue weighted by atomic mass is 19.4. The highest BCUT2D eigenvalue weighted by Crippen LogP contribution is 2.36. The van der Waals surface area contributed by atoms with E-state index in [0.717, 1.165) is 6.07 Å². The van der Waals surface area contributed by atoms with Crippen molar-refractivity contribution in [2.75, 3.05) is 18.1 Å². The molecule has 1 aliphatic heterocycles. The minimum Gasteiger partial charge on any atom is -0.490 e. The summed E-state index contributed by atoms with van der Waals surface area (Å²) >= 11 is 0. The number of nitrogens with one attached hydrogen (secondary N) is 1. The zero-order valence-corrected chi connectivity index (χ0v) is 13.3. The Hall–Kier alpha value is -2.84. The first kappa shape index (κ1) is 15.7. The minimum absolute atomic E-state index is 0.0498. The molecule has 0 radical (unpaired) electrons. The van der Waals surface area contributed by atoms with E-state index in [1.54, 1.807) is 25.3 Å². The van der Waals surface area contributed by atoms with E-state index in [2.05, 4.69) is 20.2 Å². The van der Waals surface area contributed by atoms with Crippen molar-refractivity contribution >= 4 is 16.7 Å². The summed E-state index contributed by atoms with van der Waals surface area (Å²) in [5.74, 6) is 0.648. The summed E-state index contributed by atoms with van der Waals surface area (Å²) < 4.78 is 45.4. The molecule has 9 heteroatoms. The van der Waals surface area contributed by atoms with E-state index in [0.29, 0.717) is 47.9 Å². The van der Waals surface area contributed by atoms with Gasteiger partial charge in [-0.15, -0.1) is 0 Å². The molecule has 0 fully saturated rings. The molecule has 3 aromatic rings. The van der Waals surface area contributed by atoms with Gasteiger partial charge in [-0.05, 0) is 25.1 Å². The standard InChI is InChI=1S/C16H14F3N5O/c1-9-14-11(7-13(16(17,18)19)21-15(14)23-22-9)24-5-6-25-12-3-2-4-20-10(12)8-24/h2-4,7H,5-6,8H2,1H3,(H,21,22,23). The predicted molar refractivity (Wildman–Crippen MR) is 84.4 cm³/mol. The Morgan fingerprint density at radius 1 is 1.32 bits per heavy atom. The normalized spacial score (nSPS) is 15.0. The van der Waals surface area contributed by atoms with Crippen LogP contribution in [0.5, 0.6) is 5.75 Å². The molecule has 25 heavy (non-hydrogen) atoms. The molecular formula is C16H14F3N5O. The van der Waals surface area contributed by atoms with E-state index >= 15 is 0 Å². The molecule has 3 aromatic heterocycles. The number of ether oxygens (including phenoxy) is 1. The maximum Gasteiger partial charge on any atom is 0.433 e. The third kappa shape index (κ3) is 2.75. The molecule has 0 aliphatic carbocycles. The van der Waals surface area contributed by atoms with Crippen LogP contribution in [0.15, 0.2) is 24.4 Å². The number of hydrogen-bond acceptors (Lipinski definition) is 5. The highest BCUT2D eigenvalue weighted by Gasteiger charge is 2.35. The van der Waals surface area contributed by atoms with Gasteiger partial charge in [0.25, 0.3) is 0 Å². The van der Waals surface area contributed by atoms with Crippen molar-refractivity contribution in [2.45, 2.75) is 19.6 Å². The Morgan fingerprint density at radius 2 is 2.16 bits per heavy atom. The minimum atomic E-state index is -4.55. The molecule has 6 nitrogen and oxygen atoms in total. The number of hydrogen-bond donors (Lipinski definition) is 1. The first-order chi connectivity index (χ1) is 11.9. The summed E-state index contributed by atoms with van der Waals surface area (Å²) in [5, 5.41) is 7.20. The van der Waals surface area contributed by atoms with Gasteiger partial charge in [0.05, 0.1) is 24.2 Å². The number of fused-ring (bicyclic) bond motifs is 2. The van der Waals surface area contributed by atoms with Gasteiger partial charge in [0, 0.05) is 11.9 Å². The van der Waals surface area contributed by atoms with Gasteiger partial charge in [0.2, 0.25) is 0 Å². The molecule has 0 amide bonds. The molecule has 0 atom stereocenters. The molecule has 0 saturated carbocycles. The molecule has 0 unspecified atom stereocenters. The molecular weight excluding hydrogens is 335 g/mol. The second kappa shape index (κ2) is 5.61. The van der Waals surface area contributed by atoms with Crippen LogP contribution in [-0.2, 0) is 12.7 Å². The van der Waals surface area contributed by atoms with E-state index in [-0.39, 0.29) is 5.65 Å². The molecule has 130 valence electrons. The molecule has 0 aromatic carbocycles. The van der Waals surface area contributed by atoms with Crippen LogP contribution in [0.3, 0.4) is 0 Å². The maximum atomic E-state index is 13.2. The molecule has 1 N–H and O–H groups in total. The van der Waals surface area contributed by atoms with Crippen LogP contribution < -0.4 is 9.64 Å². The Balaban J connectivity index is 1.86. The molecule has 0 bridgehead atoms. The van der Waals surface area contributed by atoms with Crippen LogP contribution in [-0.4, -0.2) is 33.3 Å². The maximum absolute atomic E-state index is 13.2. The summed E-state index contributed by atoms with van der Waals surface area (Å²) in [4.78, 5) is 9.76. The van der Waals surface area contributed by atoms with Crippen molar-refractivity contribution in [1.29, 1.82) is 0 Å². The lowest BCUT2D eigenvalue weighted by Crippen LogP contribution is -2.26. The quantitative estimate of drug-likeness (QED) is 0.731. The van der Waals surface area contributed by atoms with Gasteiger partial charge >= 0.3 is 6.18 Å². The summed E-state index contributed by atoms with van der Waals surface area (Å²) in [7, 11) is 0. The van der Waals surface area contributed by atoms with Gasteiger partial charge in [0.1, 0.15) is 23.7 Å². The molecule has 0 saturated heterocycles. The number of pyridine rings is 2. The highest BCUT2D eigenvalue weighted by molar-refractivity contribution is 5.92. The van der Waals surface area contributed by atoms with Crippen molar-refractivity contribution in [3.63, 3.8) is 0 Å².